The molecule has 0 bridgehead atoms. The summed E-state index contributed by atoms with van der Waals surface area (Å²) in [5.41, 5.74) is 0.287. The first-order valence-electron chi connectivity index (χ1n) is 9.21. The molecule has 0 spiro atoms. The Bertz CT molecular complexity index is 969. The molecule has 1 saturated heterocycles. The lowest BCUT2D eigenvalue weighted by molar-refractivity contribution is -0.384. The van der Waals surface area contributed by atoms with Crippen molar-refractivity contribution >= 4 is 27.2 Å². The molecule has 0 radical (unpaired) electrons. The van der Waals surface area contributed by atoms with Crippen LogP contribution in [0.25, 0.3) is 0 Å². The van der Waals surface area contributed by atoms with Crippen LogP contribution in [0.3, 0.4) is 0 Å². The smallest absolute Gasteiger partial charge is 0.319 e. The zero-order valence-corrected chi connectivity index (χ0v) is 16.4. The van der Waals surface area contributed by atoms with Crippen LogP contribution in [-0.2, 0) is 9.84 Å². The molecular formula is C19H22N4O5S. The number of sulfone groups is 1. The highest BCUT2D eigenvalue weighted by atomic mass is 32.2. The highest BCUT2D eigenvalue weighted by molar-refractivity contribution is 7.91. The van der Waals surface area contributed by atoms with E-state index in [0.29, 0.717) is 18.2 Å². The highest BCUT2D eigenvalue weighted by Gasteiger charge is 2.19. The monoisotopic (exact) mass is 418 g/mol. The van der Waals surface area contributed by atoms with Gasteiger partial charge in [0.2, 0.25) is 9.84 Å². The standard InChI is InChI=1S/C19H22N4O5S/c24-19(21-13-14-9-11-20-12-10-14)22-15-1-5-17(6-2-15)29(27,28)18-7-3-16(4-8-18)23(25)26/h1-8,14,20H,9-13H2,(H2,21,22,24). The molecule has 0 atom stereocenters. The number of piperidine rings is 1. The minimum Gasteiger partial charge on any atom is -0.338 e. The van der Waals surface area contributed by atoms with Gasteiger partial charge in [0.25, 0.3) is 5.69 Å². The van der Waals surface area contributed by atoms with E-state index in [2.05, 4.69) is 16.0 Å². The van der Waals surface area contributed by atoms with Crippen molar-refractivity contribution < 1.29 is 18.1 Å². The Labute approximate surface area is 168 Å². The molecule has 2 amide bonds. The molecule has 2 aromatic carbocycles. The summed E-state index contributed by atoms with van der Waals surface area (Å²) in [6, 6.07) is 10.1. The van der Waals surface area contributed by atoms with Gasteiger partial charge >= 0.3 is 6.03 Å². The Morgan fingerprint density at radius 2 is 1.59 bits per heavy atom. The Balaban J connectivity index is 1.61. The number of urea groups is 1. The van der Waals surface area contributed by atoms with Crippen LogP contribution in [0.15, 0.2) is 58.3 Å². The van der Waals surface area contributed by atoms with Gasteiger partial charge in [-0.3, -0.25) is 10.1 Å². The summed E-state index contributed by atoms with van der Waals surface area (Å²) in [6.45, 7) is 2.51. The van der Waals surface area contributed by atoms with Crippen molar-refractivity contribution in [2.75, 3.05) is 25.0 Å². The second-order valence-electron chi connectivity index (χ2n) is 6.81. The number of non-ortho nitro benzene ring substituents is 1. The maximum Gasteiger partial charge on any atom is 0.319 e. The third-order valence-electron chi connectivity index (χ3n) is 4.79. The largest absolute Gasteiger partial charge is 0.338 e. The number of nitro groups is 1. The first kappa shape index (κ1) is 20.7. The topological polar surface area (TPSA) is 130 Å². The predicted molar refractivity (Wildman–Crippen MR) is 108 cm³/mol. The van der Waals surface area contributed by atoms with Crippen LogP contribution in [0.5, 0.6) is 0 Å². The van der Waals surface area contributed by atoms with E-state index in [0.717, 1.165) is 38.1 Å². The molecule has 154 valence electrons. The number of hydrogen-bond acceptors (Lipinski definition) is 6. The first-order valence-corrected chi connectivity index (χ1v) is 10.7. The van der Waals surface area contributed by atoms with Crippen molar-refractivity contribution in [2.45, 2.75) is 22.6 Å². The summed E-state index contributed by atoms with van der Waals surface area (Å²) in [5, 5.41) is 19.5. The van der Waals surface area contributed by atoms with Crippen LogP contribution in [-0.4, -0.2) is 39.0 Å². The van der Waals surface area contributed by atoms with Gasteiger partial charge in [-0.2, -0.15) is 0 Å². The Morgan fingerprint density at radius 3 is 2.14 bits per heavy atom. The first-order chi connectivity index (χ1) is 13.9. The summed E-state index contributed by atoms with van der Waals surface area (Å²) in [6.07, 6.45) is 2.05. The molecule has 1 heterocycles. The number of hydrogen-bond donors (Lipinski definition) is 3. The van der Waals surface area contributed by atoms with Gasteiger partial charge in [-0.05, 0) is 68.2 Å². The van der Waals surface area contributed by atoms with Gasteiger partial charge < -0.3 is 16.0 Å². The third-order valence-corrected chi connectivity index (χ3v) is 6.58. The van der Waals surface area contributed by atoms with E-state index in [-0.39, 0.29) is 21.5 Å². The SMILES string of the molecule is O=C(NCC1CCNCC1)Nc1ccc(S(=O)(=O)c2ccc([N+](=O)[O-])cc2)cc1. The fourth-order valence-electron chi connectivity index (χ4n) is 3.10. The average Bonchev–Trinajstić information content (AvgIpc) is 2.73. The van der Waals surface area contributed by atoms with E-state index in [1.807, 2.05) is 0 Å². The molecule has 1 aliphatic rings. The van der Waals surface area contributed by atoms with E-state index in [1.54, 1.807) is 0 Å². The van der Waals surface area contributed by atoms with Crippen molar-refractivity contribution in [2.24, 2.45) is 5.92 Å². The van der Waals surface area contributed by atoms with Crippen molar-refractivity contribution in [1.29, 1.82) is 0 Å². The second-order valence-corrected chi connectivity index (χ2v) is 8.76. The molecule has 29 heavy (non-hydrogen) atoms. The fourth-order valence-corrected chi connectivity index (χ4v) is 4.36. The molecule has 9 nitrogen and oxygen atoms in total. The Morgan fingerprint density at radius 1 is 1.03 bits per heavy atom. The normalized spacial score (nSPS) is 14.9. The summed E-state index contributed by atoms with van der Waals surface area (Å²) in [7, 11) is -3.81. The minimum atomic E-state index is -3.81. The van der Waals surface area contributed by atoms with Crippen LogP contribution >= 0.6 is 0 Å². The number of amides is 2. The van der Waals surface area contributed by atoms with Crippen LogP contribution in [0.4, 0.5) is 16.2 Å². The molecule has 3 rings (SSSR count). The number of nitro benzene ring substituents is 1. The maximum absolute atomic E-state index is 12.7. The van der Waals surface area contributed by atoms with Crippen molar-refractivity contribution in [1.82, 2.24) is 10.6 Å². The molecule has 0 aromatic heterocycles. The van der Waals surface area contributed by atoms with Gasteiger partial charge in [-0.15, -0.1) is 0 Å². The molecule has 0 aliphatic carbocycles. The summed E-state index contributed by atoms with van der Waals surface area (Å²) >= 11 is 0. The van der Waals surface area contributed by atoms with Crippen LogP contribution in [0, 0.1) is 16.0 Å². The van der Waals surface area contributed by atoms with E-state index < -0.39 is 14.8 Å². The fraction of sp³-hybridized carbons (Fsp3) is 0.316. The zero-order chi connectivity index (χ0) is 20.9. The maximum atomic E-state index is 12.7. The van der Waals surface area contributed by atoms with E-state index in [1.165, 1.54) is 36.4 Å². The van der Waals surface area contributed by atoms with Crippen molar-refractivity contribution in [3.63, 3.8) is 0 Å². The molecule has 1 fully saturated rings. The van der Waals surface area contributed by atoms with E-state index in [9.17, 15) is 23.3 Å². The van der Waals surface area contributed by atoms with Gasteiger partial charge in [0.1, 0.15) is 0 Å². The lowest BCUT2D eigenvalue weighted by Crippen LogP contribution is -2.37. The Kier molecular flexibility index (Phi) is 6.45. The van der Waals surface area contributed by atoms with Crippen molar-refractivity contribution in [3.05, 3.63) is 58.6 Å². The molecule has 3 N–H and O–H groups in total. The van der Waals surface area contributed by atoms with Crippen LogP contribution in [0.2, 0.25) is 0 Å². The highest BCUT2D eigenvalue weighted by Crippen LogP contribution is 2.24. The number of anilines is 1. The molecule has 0 saturated carbocycles. The van der Waals surface area contributed by atoms with Gasteiger partial charge in [0.15, 0.2) is 0 Å². The summed E-state index contributed by atoms with van der Waals surface area (Å²) in [5.74, 6) is 0.455. The number of carbonyl (C=O) groups is 1. The summed E-state index contributed by atoms with van der Waals surface area (Å²) in [4.78, 5) is 22.1. The average molecular weight is 418 g/mol. The van der Waals surface area contributed by atoms with Crippen molar-refractivity contribution in [3.8, 4) is 0 Å². The van der Waals surface area contributed by atoms with Gasteiger partial charge in [-0.1, -0.05) is 0 Å². The number of rotatable bonds is 6. The van der Waals surface area contributed by atoms with Crippen LogP contribution in [0.1, 0.15) is 12.8 Å². The molecule has 1 aliphatic heterocycles. The van der Waals surface area contributed by atoms with Gasteiger partial charge in [0, 0.05) is 24.4 Å². The third kappa shape index (κ3) is 5.30. The molecule has 2 aromatic rings. The lowest BCUT2D eigenvalue weighted by Gasteiger charge is -2.22. The van der Waals surface area contributed by atoms with E-state index >= 15 is 0 Å². The van der Waals surface area contributed by atoms with Crippen LogP contribution < -0.4 is 16.0 Å². The summed E-state index contributed by atoms with van der Waals surface area (Å²) < 4.78 is 25.3. The van der Waals surface area contributed by atoms with Gasteiger partial charge in [-0.25, -0.2) is 13.2 Å². The number of benzene rings is 2. The van der Waals surface area contributed by atoms with E-state index in [4.69, 9.17) is 0 Å². The number of nitrogens with zero attached hydrogens (tertiary/aromatic N) is 1. The lowest BCUT2D eigenvalue weighted by atomic mass is 9.98. The minimum absolute atomic E-state index is 0.0343. The molecule has 10 heteroatoms. The van der Waals surface area contributed by atoms with Gasteiger partial charge in [0.05, 0.1) is 14.7 Å². The Hall–Kier alpha value is -2.98. The second kappa shape index (κ2) is 9.01. The number of carbonyl (C=O) groups excluding carboxylic acids is 1. The quantitative estimate of drug-likeness (QED) is 0.488. The zero-order valence-electron chi connectivity index (χ0n) is 15.6. The number of nitrogens with one attached hydrogen (secondary N) is 3. The predicted octanol–water partition coefficient (Wildman–Crippen LogP) is 2.55. The molecular weight excluding hydrogens is 396 g/mol. The molecule has 0 unspecified atom stereocenters.